The van der Waals surface area contributed by atoms with Crippen molar-refractivity contribution in [3.63, 3.8) is 0 Å². The summed E-state index contributed by atoms with van der Waals surface area (Å²) >= 11 is 6.12. The van der Waals surface area contributed by atoms with Gasteiger partial charge in [0.15, 0.2) is 11.5 Å². The van der Waals surface area contributed by atoms with Crippen molar-refractivity contribution in [2.45, 2.75) is 75.8 Å². The SMILES string of the molecule is C=CCO[C@@]12Oc3ccc(Oc4cccc([N+](=O)[O-])c4)cc3[C@H]3[C@H](CCCCO)[C@@H](CCCCO)C=C(C(=NOCc4ccc([N+](=O)[O-])cc4)C[C@@H]1N(Cc1ccc4c(c1)OCO4)C(=O)OCCCl)[C@H]32. The molecule has 0 unspecified atom stereocenters. The molecular formula is C51H55ClN4O14. The number of unbranched alkanes of at least 4 members (excludes halogenated alkanes) is 2. The first-order chi connectivity index (χ1) is 34.1. The predicted octanol–water partition coefficient (Wildman–Crippen LogP) is 9.74. The van der Waals surface area contributed by atoms with Gasteiger partial charge in [0.05, 0.1) is 40.0 Å². The Hall–Kier alpha value is -6.73. The van der Waals surface area contributed by atoms with Crippen molar-refractivity contribution in [1.82, 2.24) is 4.90 Å². The number of carbonyl (C=O) groups excluding carboxylic acids is 1. The van der Waals surface area contributed by atoms with E-state index in [0.29, 0.717) is 78.4 Å². The number of nitro benzene ring substituents is 2. The van der Waals surface area contributed by atoms with Crippen LogP contribution >= 0.6 is 11.6 Å². The third-order valence-corrected chi connectivity index (χ3v) is 13.3. The number of ether oxygens (including phenoxy) is 6. The van der Waals surface area contributed by atoms with Crippen LogP contribution in [0.1, 0.15) is 67.6 Å². The maximum absolute atomic E-state index is 14.7. The quantitative estimate of drug-likeness (QED) is 0.0232. The molecule has 19 heteroatoms. The molecule has 370 valence electrons. The van der Waals surface area contributed by atoms with Gasteiger partial charge in [-0.15, -0.1) is 18.2 Å². The monoisotopic (exact) mass is 982 g/mol. The molecule has 70 heavy (non-hydrogen) atoms. The number of oxime groups is 1. The van der Waals surface area contributed by atoms with Crippen LogP contribution in [0.4, 0.5) is 16.2 Å². The molecule has 18 nitrogen and oxygen atoms in total. The fourth-order valence-electron chi connectivity index (χ4n) is 10.2. The average Bonchev–Trinajstić information content (AvgIpc) is 3.84. The summed E-state index contributed by atoms with van der Waals surface area (Å²) < 4.78 is 37.9. The molecule has 1 fully saturated rings. The molecule has 4 aromatic carbocycles. The Balaban J connectivity index is 1.33. The molecule has 2 heterocycles. The van der Waals surface area contributed by atoms with Gasteiger partial charge >= 0.3 is 6.09 Å². The Morgan fingerprint density at radius 2 is 1.61 bits per heavy atom. The summed E-state index contributed by atoms with van der Waals surface area (Å²) in [6, 6.07) is 21.7. The minimum absolute atomic E-state index is 0.00311. The number of non-ortho nitro benzene ring substituents is 2. The van der Waals surface area contributed by atoms with Crippen LogP contribution in [0.2, 0.25) is 0 Å². The van der Waals surface area contributed by atoms with E-state index in [-0.39, 0.29) is 87.6 Å². The Bertz CT molecular complexity index is 2590. The zero-order chi connectivity index (χ0) is 49.2. The lowest BCUT2D eigenvalue weighted by Crippen LogP contribution is -2.70. The molecule has 2 N–H and O–H groups in total. The number of halogens is 1. The standard InChI is InChI=1S/C51H55ClN4O14/c1-2-23-67-51-47(54(50(59)64-24-20-52)30-34-14-18-45-46(25-34)66-32-65-45)29-43(53-68-31-33-12-15-36(16-13-33)55(60)61)41-26-35(8-3-5-21-57)40(11-4-6-22-58)48(49(41)51)42-28-39(17-19-44(42)70-51)69-38-10-7-9-37(27-38)56(62)63/h2,7,9-10,12-19,25-28,35,40,47-49,57-58H,1,3-6,8,11,20-24,29-32H2/t35-,40+,47-,48+,49+,51+/m0/s1. The molecule has 2 aliphatic heterocycles. The van der Waals surface area contributed by atoms with E-state index in [1.807, 2.05) is 12.1 Å². The second kappa shape index (κ2) is 22.8. The smallest absolute Gasteiger partial charge is 0.410 e. The maximum atomic E-state index is 14.7. The van der Waals surface area contributed by atoms with E-state index in [4.69, 9.17) is 50.0 Å². The van der Waals surface area contributed by atoms with E-state index < -0.39 is 39.6 Å². The first kappa shape index (κ1) is 49.7. The number of aliphatic hydroxyl groups excluding tert-OH is 2. The summed E-state index contributed by atoms with van der Waals surface area (Å²) in [5.74, 6) is -0.816. The first-order valence-corrected chi connectivity index (χ1v) is 23.8. The number of nitro groups is 2. The molecule has 1 amide bonds. The summed E-state index contributed by atoms with van der Waals surface area (Å²) in [7, 11) is 0. The number of hydrogen-bond donors (Lipinski definition) is 2. The van der Waals surface area contributed by atoms with E-state index in [1.54, 1.807) is 59.5 Å². The van der Waals surface area contributed by atoms with Gasteiger partial charge in [-0.05, 0) is 103 Å². The minimum Gasteiger partial charge on any atom is -0.459 e. The second-order valence-electron chi connectivity index (χ2n) is 17.4. The lowest BCUT2D eigenvalue weighted by Gasteiger charge is -2.59. The van der Waals surface area contributed by atoms with Crippen LogP contribution < -0.4 is 18.9 Å². The third kappa shape index (κ3) is 10.8. The number of amides is 1. The first-order valence-electron chi connectivity index (χ1n) is 23.3. The number of carbonyl (C=O) groups is 1. The zero-order valence-electron chi connectivity index (χ0n) is 38.4. The van der Waals surface area contributed by atoms with Gasteiger partial charge in [-0.1, -0.05) is 42.3 Å². The highest BCUT2D eigenvalue weighted by Gasteiger charge is 2.66. The largest absolute Gasteiger partial charge is 0.459 e. The molecule has 6 atom stereocenters. The maximum Gasteiger partial charge on any atom is 0.410 e. The predicted molar refractivity (Wildman–Crippen MR) is 256 cm³/mol. The molecule has 0 radical (unpaired) electrons. The number of rotatable bonds is 23. The van der Waals surface area contributed by atoms with Crippen LogP contribution in [0, 0.1) is 38.0 Å². The Morgan fingerprint density at radius 1 is 0.886 bits per heavy atom. The molecule has 0 bridgehead atoms. The van der Waals surface area contributed by atoms with Crippen molar-refractivity contribution in [2.75, 3.05) is 39.1 Å². The van der Waals surface area contributed by atoms with Gasteiger partial charge in [-0.25, -0.2) is 4.79 Å². The summed E-state index contributed by atoms with van der Waals surface area (Å²) in [6.07, 6.45) is 7.01. The zero-order valence-corrected chi connectivity index (χ0v) is 39.2. The summed E-state index contributed by atoms with van der Waals surface area (Å²) in [4.78, 5) is 44.7. The fraction of sp³-hybridized carbons (Fsp3) is 0.412. The van der Waals surface area contributed by atoms with Gasteiger partial charge < -0.3 is 43.5 Å². The Morgan fingerprint density at radius 3 is 2.36 bits per heavy atom. The highest BCUT2D eigenvalue weighted by atomic mass is 35.5. The summed E-state index contributed by atoms with van der Waals surface area (Å²) in [5.41, 5.74) is 3.13. The average molecular weight is 983 g/mol. The molecule has 8 rings (SSSR count). The molecule has 4 aromatic rings. The van der Waals surface area contributed by atoms with Crippen LogP contribution in [-0.2, 0) is 27.5 Å². The van der Waals surface area contributed by atoms with E-state index in [0.717, 1.165) is 11.1 Å². The van der Waals surface area contributed by atoms with Gasteiger partial charge in [0.1, 0.15) is 36.5 Å². The van der Waals surface area contributed by atoms with Gasteiger partial charge in [0, 0.05) is 55.9 Å². The van der Waals surface area contributed by atoms with Crippen LogP contribution in [0.5, 0.6) is 28.7 Å². The molecule has 1 saturated carbocycles. The van der Waals surface area contributed by atoms with Crippen LogP contribution in [-0.4, -0.2) is 87.7 Å². The van der Waals surface area contributed by atoms with Crippen molar-refractivity contribution in [1.29, 1.82) is 0 Å². The summed E-state index contributed by atoms with van der Waals surface area (Å²) in [6.45, 7) is 3.92. The number of hydrogen-bond acceptors (Lipinski definition) is 15. The van der Waals surface area contributed by atoms with Crippen LogP contribution in [0.3, 0.4) is 0 Å². The molecular weight excluding hydrogens is 928 g/mol. The second-order valence-corrected chi connectivity index (χ2v) is 17.8. The third-order valence-electron chi connectivity index (χ3n) is 13.2. The van der Waals surface area contributed by atoms with Crippen molar-refractivity contribution in [2.24, 2.45) is 22.9 Å². The number of nitrogens with zero attached hydrogens (tertiary/aromatic N) is 4. The van der Waals surface area contributed by atoms with Crippen LogP contribution in [0.25, 0.3) is 0 Å². The van der Waals surface area contributed by atoms with Crippen molar-refractivity contribution in [3.8, 4) is 28.7 Å². The highest BCUT2D eigenvalue weighted by molar-refractivity contribution is 6.18. The lowest BCUT2D eigenvalue weighted by molar-refractivity contribution is -0.385. The van der Waals surface area contributed by atoms with Gasteiger partial charge in [-0.3, -0.25) is 25.1 Å². The molecule has 4 aliphatic rings. The summed E-state index contributed by atoms with van der Waals surface area (Å²) in [5, 5.41) is 48.0. The van der Waals surface area contributed by atoms with E-state index in [1.165, 1.54) is 24.3 Å². The van der Waals surface area contributed by atoms with E-state index >= 15 is 0 Å². The van der Waals surface area contributed by atoms with Crippen molar-refractivity contribution < 1.29 is 58.1 Å². The van der Waals surface area contributed by atoms with Crippen LogP contribution in [0.15, 0.2) is 114 Å². The van der Waals surface area contributed by atoms with Crippen molar-refractivity contribution in [3.05, 3.63) is 146 Å². The van der Waals surface area contributed by atoms with Crippen molar-refractivity contribution >= 4 is 34.8 Å². The fourth-order valence-corrected chi connectivity index (χ4v) is 10.2. The highest BCUT2D eigenvalue weighted by Crippen LogP contribution is 2.62. The normalized spacial score (nSPS) is 22.2. The number of fused-ring (bicyclic) bond motifs is 3. The topological polar surface area (TPSA) is 224 Å². The van der Waals surface area contributed by atoms with E-state index in [9.17, 15) is 35.2 Å². The lowest BCUT2D eigenvalue weighted by atomic mass is 9.55. The number of allylic oxidation sites excluding steroid dienone is 1. The Kier molecular flexibility index (Phi) is 16.2. The van der Waals surface area contributed by atoms with Gasteiger partial charge in [-0.2, -0.15) is 0 Å². The minimum atomic E-state index is -1.65. The van der Waals surface area contributed by atoms with Gasteiger partial charge in [0.25, 0.3) is 11.4 Å². The number of benzene rings is 4. The molecule has 0 spiro atoms. The molecule has 0 saturated heterocycles. The number of aliphatic hydroxyl groups is 2. The Labute approximate surface area is 409 Å². The number of alkyl halides is 1. The molecule has 0 aromatic heterocycles. The van der Waals surface area contributed by atoms with Gasteiger partial charge in [0.2, 0.25) is 12.6 Å². The van der Waals surface area contributed by atoms with E-state index in [2.05, 4.69) is 12.7 Å². The molecule has 2 aliphatic carbocycles.